The summed E-state index contributed by atoms with van der Waals surface area (Å²) in [6.07, 6.45) is 0. The molecule has 3 rings (SSSR count). The van der Waals surface area contributed by atoms with Crippen LogP contribution in [0.15, 0.2) is 71.6 Å². The van der Waals surface area contributed by atoms with Gasteiger partial charge in [0.15, 0.2) is 0 Å². The Morgan fingerprint density at radius 2 is 1.66 bits per heavy atom. The fourth-order valence-corrected chi connectivity index (χ4v) is 3.99. The van der Waals surface area contributed by atoms with Gasteiger partial charge in [-0.3, -0.25) is 9.52 Å². The number of benzene rings is 3. The van der Waals surface area contributed by atoms with Gasteiger partial charge < -0.3 is 10.1 Å². The molecule has 0 radical (unpaired) electrons. The average Bonchev–Trinajstić information content (AvgIpc) is 2.68. The first-order valence-corrected chi connectivity index (χ1v) is 10.6. The zero-order valence-corrected chi connectivity index (χ0v) is 17.5. The van der Waals surface area contributed by atoms with Crippen LogP contribution in [0.4, 0.5) is 11.4 Å². The molecule has 0 aliphatic carbocycles. The van der Waals surface area contributed by atoms with Crippen molar-refractivity contribution < 1.29 is 17.9 Å². The summed E-state index contributed by atoms with van der Waals surface area (Å²) >= 11 is 11.9. The fraction of sp³-hybridized carbons (Fsp3) is 0.0500. The van der Waals surface area contributed by atoms with Crippen molar-refractivity contribution in [3.05, 3.63) is 82.3 Å². The van der Waals surface area contributed by atoms with Crippen LogP contribution < -0.4 is 14.8 Å². The van der Waals surface area contributed by atoms with Crippen LogP contribution in [0.25, 0.3) is 0 Å². The fourth-order valence-electron chi connectivity index (χ4n) is 2.53. The molecular weight excluding hydrogens is 435 g/mol. The summed E-state index contributed by atoms with van der Waals surface area (Å²) in [7, 11) is -2.41. The lowest BCUT2D eigenvalue weighted by molar-refractivity contribution is 0.102. The molecule has 0 heterocycles. The van der Waals surface area contributed by atoms with Gasteiger partial charge in [0.1, 0.15) is 5.75 Å². The van der Waals surface area contributed by atoms with E-state index in [1.54, 1.807) is 30.3 Å². The van der Waals surface area contributed by atoms with Crippen molar-refractivity contribution >= 4 is 50.5 Å². The number of hydrogen-bond donors (Lipinski definition) is 2. The first-order valence-electron chi connectivity index (χ1n) is 8.32. The molecule has 9 heteroatoms. The second kappa shape index (κ2) is 8.73. The first kappa shape index (κ1) is 21.0. The minimum atomic E-state index is -3.90. The molecule has 6 nitrogen and oxygen atoms in total. The van der Waals surface area contributed by atoms with Crippen LogP contribution in [0.1, 0.15) is 10.4 Å². The van der Waals surface area contributed by atoms with Gasteiger partial charge in [-0.25, -0.2) is 8.42 Å². The predicted octanol–water partition coefficient (Wildman–Crippen LogP) is 5.06. The van der Waals surface area contributed by atoms with Gasteiger partial charge in [0, 0.05) is 10.7 Å². The highest BCUT2D eigenvalue weighted by atomic mass is 35.5. The van der Waals surface area contributed by atoms with Gasteiger partial charge in [-0.2, -0.15) is 0 Å². The number of amides is 1. The quantitative estimate of drug-likeness (QED) is 0.549. The maximum Gasteiger partial charge on any atom is 0.261 e. The van der Waals surface area contributed by atoms with Crippen LogP contribution >= 0.6 is 23.2 Å². The van der Waals surface area contributed by atoms with Crippen LogP contribution in [0.3, 0.4) is 0 Å². The van der Waals surface area contributed by atoms with Crippen LogP contribution in [-0.2, 0) is 10.0 Å². The highest BCUT2D eigenvalue weighted by molar-refractivity contribution is 7.92. The summed E-state index contributed by atoms with van der Waals surface area (Å²) in [4.78, 5) is 12.8. The van der Waals surface area contributed by atoms with E-state index in [0.717, 1.165) is 0 Å². The SMILES string of the molecule is COc1ccc(NC(=O)c2ccccc2NS(=O)(=O)c2ccc(Cl)cc2)cc1Cl. The maximum absolute atomic E-state index is 12.7. The normalized spacial score (nSPS) is 11.0. The molecule has 0 fully saturated rings. The number of rotatable bonds is 6. The van der Waals surface area contributed by atoms with E-state index in [1.165, 1.54) is 43.5 Å². The highest BCUT2D eigenvalue weighted by Crippen LogP contribution is 2.28. The molecule has 0 aliphatic rings. The number of halogens is 2. The van der Waals surface area contributed by atoms with E-state index >= 15 is 0 Å². The lowest BCUT2D eigenvalue weighted by Gasteiger charge is -2.13. The Morgan fingerprint density at radius 3 is 2.31 bits per heavy atom. The molecule has 0 aromatic heterocycles. The molecule has 150 valence electrons. The third kappa shape index (κ3) is 5.00. The number of nitrogens with one attached hydrogen (secondary N) is 2. The number of methoxy groups -OCH3 is 1. The van der Waals surface area contributed by atoms with Crippen LogP contribution in [0.5, 0.6) is 5.75 Å². The summed E-state index contributed by atoms with van der Waals surface area (Å²) in [6.45, 7) is 0. The Kier molecular flexibility index (Phi) is 6.32. The van der Waals surface area contributed by atoms with E-state index in [4.69, 9.17) is 27.9 Å². The zero-order chi connectivity index (χ0) is 21.0. The molecule has 0 bridgehead atoms. The first-order chi connectivity index (χ1) is 13.8. The van der Waals surface area contributed by atoms with E-state index in [1.807, 2.05) is 0 Å². The smallest absolute Gasteiger partial charge is 0.261 e. The molecule has 2 N–H and O–H groups in total. The monoisotopic (exact) mass is 450 g/mol. The number of carbonyl (C=O) groups excluding carboxylic acids is 1. The molecule has 0 saturated carbocycles. The molecule has 0 spiro atoms. The Bertz CT molecular complexity index is 1150. The molecule has 0 saturated heterocycles. The van der Waals surface area contributed by atoms with Gasteiger partial charge in [0.2, 0.25) is 0 Å². The third-order valence-corrected chi connectivity index (χ3v) is 5.88. The summed E-state index contributed by atoms with van der Waals surface area (Å²) < 4.78 is 32.8. The van der Waals surface area contributed by atoms with Crippen molar-refractivity contribution in [2.75, 3.05) is 17.1 Å². The molecule has 29 heavy (non-hydrogen) atoms. The standard InChI is InChI=1S/C20H16Cl2N2O4S/c1-28-19-11-8-14(12-17(19)22)23-20(25)16-4-2-3-5-18(16)24-29(26,27)15-9-6-13(21)7-10-15/h2-12,24H,1H3,(H,23,25). The van der Waals surface area contributed by atoms with E-state index in [0.29, 0.717) is 21.5 Å². The Balaban J connectivity index is 1.85. The number of hydrogen-bond acceptors (Lipinski definition) is 4. The number of sulfonamides is 1. The van der Waals surface area contributed by atoms with E-state index in [-0.39, 0.29) is 16.1 Å². The molecule has 3 aromatic carbocycles. The van der Waals surface area contributed by atoms with Gasteiger partial charge in [-0.1, -0.05) is 35.3 Å². The maximum atomic E-state index is 12.7. The van der Waals surface area contributed by atoms with Gasteiger partial charge in [-0.05, 0) is 54.6 Å². The Morgan fingerprint density at radius 1 is 0.966 bits per heavy atom. The van der Waals surface area contributed by atoms with Gasteiger partial charge in [0.25, 0.3) is 15.9 Å². The van der Waals surface area contributed by atoms with Crippen LogP contribution in [0.2, 0.25) is 10.0 Å². The van der Waals surface area contributed by atoms with E-state index in [2.05, 4.69) is 10.0 Å². The lowest BCUT2D eigenvalue weighted by Crippen LogP contribution is -2.18. The van der Waals surface area contributed by atoms with Gasteiger partial charge in [-0.15, -0.1) is 0 Å². The molecule has 0 aliphatic heterocycles. The summed E-state index contributed by atoms with van der Waals surface area (Å²) in [5.41, 5.74) is 0.729. The number of para-hydroxylation sites is 1. The second-order valence-corrected chi connectivity index (χ2v) is 8.43. The number of anilines is 2. The molecule has 3 aromatic rings. The van der Waals surface area contributed by atoms with Crippen molar-refractivity contribution in [1.82, 2.24) is 0 Å². The Hall–Kier alpha value is -2.74. The summed E-state index contributed by atoms with van der Waals surface area (Å²) in [6, 6.07) is 16.8. The second-order valence-electron chi connectivity index (χ2n) is 5.91. The van der Waals surface area contributed by atoms with Gasteiger partial charge >= 0.3 is 0 Å². The number of ether oxygens (including phenoxy) is 1. The van der Waals surface area contributed by atoms with Crippen LogP contribution in [0, 0.1) is 0 Å². The predicted molar refractivity (Wildman–Crippen MR) is 115 cm³/mol. The van der Waals surface area contributed by atoms with Crippen molar-refractivity contribution in [2.24, 2.45) is 0 Å². The van der Waals surface area contributed by atoms with Gasteiger partial charge in [0.05, 0.1) is 28.3 Å². The van der Waals surface area contributed by atoms with Crippen molar-refractivity contribution in [2.45, 2.75) is 4.90 Å². The average molecular weight is 451 g/mol. The molecular formula is C20H16Cl2N2O4S. The highest BCUT2D eigenvalue weighted by Gasteiger charge is 2.19. The van der Waals surface area contributed by atoms with Crippen LogP contribution in [-0.4, -0.2) is 21.4 Å². The lowest BCUT2D eigenvalue weighted by atomic mass is 10.1. The Labute approximate surface area is 178 Å². The number of carbonyl (C=O) groups is 1. The molecule has 0 unspecified atom stereocenters. The van der Waals surface area contributed by atoms with E-state index in [9.17, 15) is 13.2 Å². The van der Waals surface area contributed by atoms with Crippen molar-refractivity contribution in [3.8, 4) is 5.75 Å². The molecule has 1 amide bonds. The topological polar surface area (TPSA) is 84.5 Å². The van der Waals surface area contributed by atoms with E-state index < -0.39 is 15.9 Å². The largest absolute Gasteiger partial charge is 0.495 e. The summed E-state index contributed by atoms with van der Waals surface area (Å²) in [5, 5.41) is 3.45. The summed E-state index contributed by atoms with van der Waals surface area (Å²) in [5.74, 6) is -0.0265. The zero-order valence-electron chi connectivity index (χ0n) is 15.1. The van der Waals surface area contributed by atoms with Crippen molar-refractivity contribution in [3.63, 3.8) is 0 Å². The van der Waals surface area contributed by atoms with Crippen molar-refractivity contribution in [1.29, 1.82) is 0 Å². The third-order valence-electron chi connectivity index (χ3n) is 3.95. The molecule has 0 atom stereocenters. The minimum absolute atomic E-state index is 0.0269. The minimum Gasteiger partial charge on any atom is -0.495 e.